The van der Waals surface area contributed by atoms with E-state index in [1.165, 1.54) is 17.1 Å². The van der Waals surface area contributed by atoms with Gasteiger partial charge in [-0.2, -0.15) is 5.10 Å². The van der Waals surface area contributed by atoms with Crippen LogP contribution in [0.3, 0.4) is 0 Å². The number of piperidine rings is 1. The zero-order valence-electron chi connectivity index (χ0n) is 17.7. The molecule has 0 unspecified atom stereocenters. The molecule has 1 N–H and O–H groups in total. The predicted molar refractivity (Wildman–Crippen MR) is 118 cm³/mol. The van der Waals surface area contributed by atoms with Crippen molar-refractivity contribution in [2.24, 2.45) is 5.10 Å². The van der Waals surface area contributed by atoms with Crippen molar-refractivity contribution in [1.29, 1.82) is 0 Å². The van der Waals surface area contributed by atoms with Crippen LogP contribution in [0.2, 0.25) is 0 Å². The van der Waals surface area contributed by atoms with Gasteiger partial charge in [0.15, 0.2) is 0 Å². The summed E-state index contributed by atoms with van der Waals surface area (Å²) in [5.41, 5.74) is 1.80. The molecule has 2 aliphatic heterocycles. The number of halogens is 1. The maximum Gasteiger partial charge on any atom is 0.271 e. The lowest BCUT2D eigenvalue weighted by atomic mass is 10.1. The molecule has 0 atom stereocenters. The van der Waals surface area contributed by atoms with Gasteiger partial charge in [-0.3, -0.25) is 14.4 Å². The summed E-state index contributed by atoms with van der Waals surface area (Å²) in [6.45, 7) is 1.59. The number of carbonyl (C=O) groups excluding carboxylic acids is 3. The summed E-state index contributed by atoms with van der Waals surface area (Å²) >= 11 is 0. The molecule has 4 rings (SSSR count). The smallest absolute Gasteiger partial charge is 0.271 e. The van der Waals surface area contributed by atoms with Crippen LogP contribution in [-0.4, -0.2) is 46.4 Å². The molecular formula is C24H25FN4O3. The largest absolute Gasteiger partial charge is 0.339 e. The van der Waals surface area contributed by atoms with Crippen LogP contribution >= 0.6 is 0 Å². The maximum absolute atomic E-state index is 13.1. The first kappa shape index (κ1) is 21.7. The number of hydrazone groups is 1. The van der Waals surface area contributed by atoms with Gasteiger partial charge in [-0.15, -0.1) is 0 Å². The second-order valence-corrected chi connectivity index (χ2v) is 7.98. The lowest BCUT2D eigenvalue weighted by molar-refractivity contribution is -0.132. The van der Waals surface area contributed by atoms with E-state index in [4.69, 9.17) is 0 Å². The van der Waals surface area contributed by atoms with Crippen LogP contribution in [0.15, 0.2) is 53.6 Å². The minimum Gasteiger partial charge on any atom is -0.339 e. The van der Waals surface area contributed by atoms with Crippen molar-refractivity contribution >= 4 is 29.1 Å². The summed E-state index contributed by atoms with van der Waals surface area (Å²) in [5, 5.41) is 8.28. The molecule has 7 nitrogen and oxygen atoms in total. The topological polar surface area (TPSA) is 82.1 Å². The summed E-state index contributed by atoms with van der Waals surface area (Å²) in [4.78, 5) is 40.0. The van der Waals surface area contributed by atoms with Gasteiger partial charge in [-0.25, -0.2) is 9.40 Å². The van der Waals surface area contributed by atoms with E-state index in [9.17, 15) is 18.8 Å². The number of nitrogens with one attached hydrogen (secondary N) is 1. The van der Waals surface area contributed by atoms with E-state index in [0.717, 1.165) is 19.3 Å². The van der Waals surface area contributed by atoms with E-state index < -0.39 is 5.91 Å². The van der Waals surface area contributed by atoms with Crippen LogP contribution < -0.4 is 5.32 Å². The Morgan fingerprint density at radius 2 is 1.69 bits per heavy atom. The normalized spacial score (nSPS) is 16.5. The third-order valence-corrected chi connectivity index (χ3v) is 5.66. The number of benzene rings is 2. The number of anilines is 1. The monoisotopic (exact) mass is 436 g/mol. The number of nitrogens with zero attached hydrogens (tertiary/aromatic N) is 3. The van der Waals surface area contributed by atoms with E-state index in [1.54, 1.807) is 36.4 Å². The molecule has 2 aromatic carbocycles. The fraction of sp³-hybridized carbons (Fsp3) is 0.333. The van der Waals surface area contributed by atoms with Crippen molar-refractivity contribution in [1.82, 2.24) is 9.91 Å². The van der Waals surface area contributed by atoms with Gasteiger partial charge in [0.1, 0.15) is 11.5 Å². The number of para-hydroxylation sites is 1. The summed E-state index contributed by atoms with van der Waals surface area (Å²) in [6.07, 6.45) is 3.45. The molecule has 2 aliphatic rings. The van der Waals surface area contributed by atoms with Crippen LogP contribution in [0.5, 0.6) is 0 Å². The van der Waals surface area contributed by atoms with Gasteiger partial charge in [-0.05, 0) is 49.1 Å². The molecule has 32 heavy (non-hydrogen) atoms. The molecule has 2 heterocycles. The predicted octanol–water partition coefficient (Wildman–Crippen LogP) is 3.57. The fourth-order valence-corrected chi connectivity index (χ4v) is 3.89. The van der Waals surface area contributed by atoms with Crippen LogP contribution in [-0.2, 0) is 16.1 Å². The lowest BCUT2D eigenvalue weighted by Crippen LogP contribution is -2.37. The summed E-state index contributed by atoms with van der Waals surface area (Å²) in [6, 6.07) is 12.7. The summed E-state index contributed by atoms with van der Waals surface area (Å²) < 4.78 is 13.1. The molecule has 166 valence electrons. The van der Waals surface area contributed by atoms with E-state index in [1.807, 2.05) is 4.90 Å². The second kappa shape index (κ2) is 9.72. The number of carbonyl (C=O) groups is 3. The van der Waals surface area contributed by atoms with Gasteiger partial charge in [0.2, 0.25) is 5.91 Å². The average Bonchev–Trinajstić information content (AvgIpc) is 2.82. The Kier molecular flexibility index (Phi) is 6.58. The second-order valence-electron chi connectivity index (χ2n) is 7.98. The Morgan fingerprint density at radius 3 is 2.44 bits per heavy atom. The molecule has 0 aliphatic carbocycles. The van der Waals surface area contributed by atoms with Crippen molar-refractivity contribution in [2.75, 3.05) is 18.4 Å². The minimum atomic E-state index is -0.444. The Morgan fingerprint density at radius 1 is 0.969 bits per heavy atom. The minimum absolute atomic E-state index is 0.0979. The van der Waals surface area contributed by atoms with Gasteiger partial charge >= 0.3 is 0 Å². The zero-order valence-corrected chi connectivity index (χ0v) is 17.7. The van der Waals surface area contributed by atoms with E-state index in [0.29, 0.717) is 29.9 Å². The first-order valence-corrected chi connectivity index (χ1v) is 10.8. The highest BCUT2D eigenvalue weighted by molar-refractivity contribution is 6.43. The molecule has 8 heteroatoms. The van der Waals surface area contributed by atoms with Crippen LogP contribution in [0, 0.1) is 5.82 Å². The van der Waals surface area contributed by atoms with Gasteiger partial charge in [-0.1, -0.05) is 24.3 Å². The van der Waals surface area contributed by atoms with E-state index in [2.05, 4.69) is 10.4 Å². The van der Waals surface area contributed by atoms with Crippen LogP contribution in [0.25, 0.3) is 0 Å². The third kappa shape index (κ3) is 5.01. The first-order valence-electron chi connectivity index (χ1n) is 10.8. The molecule has 2 aromatic rings. The van der Waals surface area contributed by atoms with Crippen LogP contribution in [0.1, 0.15) is 48.0 Å². The molecule has 0 radical (unpaired) electrons. The van der Waals surface area contributed by atoms with Crippen LogP contribution in [0.4, 0.5) is 10.1 Å². The van der Waals surface area contributed by atoms with Crippen molar-refractivity contribution in [3.05, 3.63) is 65.5 Å². The fourth-order valence-electron chi connectivity index (χ4n) is 3.89. The Hall–Kier alpha value is -3.55. The van der Waals surface area contributed by atoms with E-state index in [-0.39, 0.29) is 42.7 Å². The Labute approximate surface area is 185 Å². The third-order valence-electron chi connectivity index (χ3n) is 5.66. The number of rotatable bonds is 5. The summed E-state index contributed by atoms with van der Waals surface area (Å²) in [7, 11) is 0. The number of hydrogen-bond donors (Lipinski definition) is 1. The van der Waals surface area contributed by atoms with E-state index >= 15 is 0 Å². The van der Waals surface area contributed by atoms with Gasteiger partial charge in [0.05, 0.1) is 17.8 Å². The highest BCUT2D eigenvalue weighted by atomic mass is 19.1. The number of amides is 3. The Bertz CT molecular complexity index is 1050. The van der Waals surface area contributed by atoms with Crippen molar-refractivity contribution < 1.29 is 18.8 Å². The van der Waals surface area contributed by atoms with Crippen molar-refractivity contribution in [3.8, 4) is 0 Å². The number of hydrogen-bond acceptors (Lipinski definition) is 4. The standard InChI is InChI=1S/C24H25FN4O3/c25-18-10-8-17(9-11-18)16-29-22(30)13-12-21(27-29)23(31)26-20-7-3-2-6-19(20)24(32)28-14-4-1-5-15-28/h2-3,6-11H,1,4-5,12-16H2,(H,26,31). The molecular weight excluding hydrogens is 411 g/mol. The summed E-state index contributed by atoms with van der Waals surface area (Å²) in [5.74, 6) is -1.11. The number of likely N-dealkylation sites (tertiary alicyclic amines) is 1. The van der Waals surface area contributed by atoms with Gasteiger partial charge in [0.25, 0.3) is 11.8 Å². The molecule has 1 saturated heterocycles. The molecule has 0 spiro atoms. The molecule has 1 fully saturated rings. The Balaban J connectivity index is 1.49. The molecule has 0 aromatic heterocycles. The first-order chi connectivity index (χ1) is 15.5. The highest BCUT2D eigenvalue weighted by Gasteiger charge is 2.26. The maximum atomic E-state index is 13.1. The lowest BCUT2D eigenvalue weighted by Gasteiger charge is -2.27. The van der Waals surface area contributed by atoms with Gasteiger partial charge in [0, 0.05) is 25.9 Å². The van der Waals surface area contributed by atoms with Crippen molar-refractivity contribution in [2.45, 2.75) is 38.6 Å². The molecule has 0 saturated carbocycles. The van der Waals surface area contributed by atoms with Gasteiger partial charge < -0.3 is 10.2 Å². The SMILES string of the molecule is O=C(Nc1ccccc1C(=O)N1CCCCC1)C1=NN(Cc2ccc(F)cc2)C(=O)CC1. The average molecular weight is 436 g/mol. The molecule has 3 amide bonds. The van der Waals surface area contributed by atoms with Crippen molar-refractivity contribution in [3.63, 3.8) is 0 Å². The molecule has 0 bridgehead atoms. The quantitative estimate of drug-likeness (QED) is 0.778. The zero-order chi connectivity index (χ0) is 22.5. The highest BCUT2D eigenvalue weighted by Crippen LogP contribution is 2.21.